The molecule has 22 heavy (non-hydrogen) atoms. The molecule has 1 saturated heterocycles. The summed E-state index contributed by atoms with van der Waals surface area (Å²) in [5.41, 5.74) is 1.27. The van der Waals surface area contributed by atoms with Crippen molar-refractivity contribution in [2.24, 2.45) is 5.92 Å². The molecule has 1 aliphatic heterocycles. The molecule has 0 aliphatic carbocycles. The fourth-order valence-corrected chi connectivity index (χ4v) is 3.30. The van der Waals surface area contributed by atoms with Crippen molar-refractivity contribution in [2.75, 3.05) is 6.54 Å². The third-order valence-electron chi connectivity index (χ3n) is 4.38. The molecular weight excluding hydrogens is 304 g/mol. The average Bonchev–Trinajstić information content (AvgIpc) is 2.89. The van der Waals surface area contributed by atoms with Crippen LogP contribution in [0.15, 0.2) is 24.3 Å². The van der Waals surface area contributed by atoms with Gasteiger partial charge in [-0.3, -0.25) is 9.59 Å². The molecule has 1 aliphatic rings. The third-order valence-corrected chi connectivity index (χ3v) is 4.62. The Labute approximate surface area is 132 Å². The smallest absolute Gasteiger partial charge is 0.308 e. The minimum absolute atomic E-state index is 0.161. The number of halogens is 1. The molecule has 2 atom stereocenters. The predicted octanol–water partition coefficient (Wildman–Crippen LogP) is 3.15. The summed E-state index contributed by atoms with van der Waals surface area (Å²) < 4.78 is 0. The Hall–Kier alpha value is -2.01. The van der Waals surface area contributed by atoms with E-state index in [4.69, 9.17) is 11.6 Å². The predicted molar refractivity (Wildman–Crippen MR) is 84.2 cm³/mol. The normalized spacial score (nSPS) is 22.0. The molecule has 0 bridgehead atoms. The number of hydrogen-bond acceptors (Lipinski definition) is 2. The topological polar surface area (TPSA) is 73.4 Å². The maximum Gasteiger partial charge on any atom is 0.308 e. The van der Waals surface area contributed by atoms with Crippen LogP contribution in [-0.4, -0.2) is 39.5 Å². The second-order valence-electron chi connectivity index (χ2n) is 5.74. The van der Waals surface area contributed by atoms with E-state index in [1.807, 2.05) is 6.07 Å². The zero-order valence-electron chi connectivity index (χ0n) is 12.2. The van der Waals surface area contributed by atoms with E-state index < -0.39 is 11.9 Å². The number of nitrogens with zero attached hydrogens (tertiary/aromatic N) is 1. The lowest BCUT2D eigenvalue weighted by Crippen LogP contribution is -2.49. The second kappa shape index (κ2) is 5.65. The minimum Gasteiger partial charge on any atom is -0.481 e. The van der Waals surface area contributed by atoms with Gasteiger partial charge in [0.2, 0.25) is 0 Å². The Kier molecular flexibility index (Phi) is 3.83. The number of aromatic nitrogens is 1. The van der Waals surface area contributed by atoms with E-state index in [9.17, 15) is 14.7 Å². The Balaban J connectivity index is 1.89. The highest BCUT2D eigenvalue weighted by Gasteiger charge is 2.36. The number of rotatable bonds is 2. The number of aliphatic carboxylic acids is 1. The molecule has 116 valence electrons. The number of piperidine rings is 1. The fourth-order valence-electron chi connectivity index (χ4n) is 3.13. The molecule has 1 aromatic heterocycles. The van der Waals surface area contributed by atoms with Gasteiger partial charge in [0.05, 0.1) is 5.92 Å². The standard InChI is InChI=1S/C16H17ClN2O3/c1-9-12(16(21)22)3-2-6-19(9)15(20)14-7-10-4-5-11(17)8-13(10)18-14/h4-5,7-9,12,18H,2-3,6H2,1H3,(H,21,22)/t9-,12-/m1/s1. The number of carbonyl (C=O) groups excluding carboxylic acids is 1. The number of H-pyrrole nitrogens is 1. The lowest BCUT2D eigenvalue weighted by molar-refractivity contribution is -0.144. The number of amides is 1. The van der Waals surface area contributed by atoms with Crippen molar-refractivity contribution in [3.05, 3.63) is 35.0 Å². The van der Waals surface area contributed by atoms with Crippen molar-refractivity contribution in [3.63, 3.8) is 0 Å². The summed E-state index contributed by atoms with van der Waals surface area (Å²) in [5.74, 6) is -1.50. The van der Waals surface area contributed by atoms with Gasteiger partial charge in [0.25, 0.3) is 5.91 Å². The highest BCUT2D eigenvalue weighted by atomic mass is 35.5. The van der Waals surface area contributed by atoms with Gasteiger partial charge in [-0.1, -0.05) is 17.7 Å². The van der Waals surface area contributed by atoms with Crippen LogP contribution in [0.3, 0.4) is 0 Å². The van der Waals surface area contributed by atoms with E-state index in [2.05, 4.69) is 4.98 Å². The summed E-state index contributed by atoms with van der Waals surface area (Å²) in [5, 5.41) is 10.8. The van der Waals surface area contributed by atoms with Gasteiger partial charge in [-0.15, -0.1) is 0 Å². The van der Waals surface area contributed by atoms with E-state index in [0.717, 1.165) is 10.9 Å². The van der Waals surface area contributed by atoms with E-state index in [0.29, 0.717) is 30.1 Å². The summed E-state index contributed by atoms with van der Waals surface area (Å²) in [6.45, 7) is 2.38. The molecule has 2 heterocycles. The quantitative estimate of drug-likeness (QED) is 0.892. The van der Waals surface area contributed by atoms with Crippen LogP contribution in [0.2, 0.25) is 5.02 Å². The molecule has 0 spiro atoms. The number of fused-ring (bicyclic) bond motifs is 1. The van der Waals surface area contributed by atoms with Gasteiger partial charge in [-0.25, -0.2) is 0 Å². The third kappa shape index (κ3) is 2.57. The SMILES string of the molecule is C[C@@H]1[C@H](C(=O)O)CCCN1C(=O)c1cc2ccc(Cl)cc2[nH]1. The molecule has 3 rings (SSSR count). The Bertz CT molecular complexity index is 740. The van der Waals surface area contributed by atoms with Crippen molar-refractivity contribution in [3.8, 4) is 0 Å². The maximum absolute atomic E-state index is 12.7. The van der Waals surface area contributed by atoms with Crippen molar-refractivity contribution in [1.82, 2.24) is 9.88 Å². The fraction of sp³-hybridized carbons (Fsp3) is 0.375. The molecular formula is C16H17ClN2O3. The van der Waals surface area contributed by atoms with Gasteiger partial charge in [0.1, 0.15) is 5.69 Å². The van der Waals surface area contributed by atoms with Crippen LogP contribution in [-0.2, 0) is 4.79 Å². The lowest BCUT2D eigenvalue weighted by atomic mass is 9.90. The monoisotopic (exact) mass is 320 g/mol. The summed E-state index contributed by atoms with van der Waals surface area (Å²) in [4.78, 5) is 28.7. The van der Waals surface area contributed by atoms with E-state index in [-0.39, 0.29) is 11.9 Å². The summed E-state index contributed by atoms with van der Waals surface area (Å²) in [6.07, 6.45) is 1.32. The molecule has 2 aromatic rings. The van der Waals surface area contributed by atoms with Crippen LogP contribution in [0, 0.1) is 5.92 Å². The number of likely N-dealkylation sites (tertiary alicyclic amines) is 1. The molecule has 6 heteroatoms. The molecule has 2 N–H and O–H groups in total. The van der Waals surface area contributed by atoms with Crippen LogP contribution < -0.4 is 0 Å². The first-order valence-corrected chi connectivity index (χ1v) is 7.67. The Morgan fingerprint density at radius 1 is 1.36 bits per heavy atom. The van der Waals surface area contributed by atoms with Crippen molar-refractivity contribution in [1.29, 1.82) is 0 Å². The van der Waals surface area contributed by atoms with Crippen LogP contribution in [0.4, 0.5) is 0 Å². The first kappa shape index (κ1) is 14.9. The van der Waals surface area contributed by atoms with Crippen molar-refractivity contribution in [2.45, 2.75) is 25.8 Å². The Morgan fingerprint density at radius 2 is 2.14 bits per heavy atom. The number of carboxylic acids is 1. The Morgan fingerprint density at radius 3 is 2.86 bits per heavy atom. The number of carbonyl (C=O) groups is 2. The highest BCUT2D eigenvalue weighted by Crippen LogP contribution is 2.27. The molecule has 5 nitrogen and oxygen atoms in total. The summed E-state index contributed by atoms with van der Waals surface area (Å²) in [7, 11) is 0. The largest absolute Gasteiger partial charge is 0.481 e. The maximum atomic E-state index is 12.7. The molecule has 0 unspecified atom stereocenters. The van der Waals surface area contributed by atoms with Gasteiger partial charge in [-0.05, 0) is 38.0 Å². The van der Waals surface area contributed by atoms with Gasteiger partial charge < -0.3 is 15.0 Å². The van der Waals surface area contributed by atoms with E-state index >= 15 is 0 Å². The number of aromatic amines is 1. The van der Waals surface area contributed by atoms with Gasteiger partial charge in [0, 0.05) is 28.5 Å². The van der Waals surface area contributed by atoms with Gasteiger partial charge in [-0.2, -0.15) is 0 Å². The summed E-state index contributed by atoms with van der Waals surface area (Å²) in [6, 6.07) is 6.87. The average molecular weight is 321 g/mol. The number of hydrogen-bond donors (Lipinski definition) is 2. The van der Waals surface area contributed by atoms with Gasteiger partial charge in [0.15, 0.2) is 0 Å². The van der Waals surface area contributed by atoms with Crippen LogP contribution >= 0.6 is 11.6 Å². The summed E-state index contributed by atoms with van der Waals surface area (Å²) >= 11 is 5.95. The number of carboxylic acid groups (broad SMARTS) is 1. The zero-order chi connectivity index (χ0) is 15.9. The van der Waals surface area contributed by atoms with E-state index in [1.54, 1.807) is 30.0 Å². The first-order chi connectivity index (χ1) is 10.5. The van der Waals surface area contributed by atoms with Crippen molar-refractivity contribution >= 4 is 34.4 Å². The molecule has 1 fully saturated rings. The van der Waals surface area contributed by atoms with Gasteiger partial charge >= 0.3 is 5.97 Å². The number of nitrogens with one attached hydrogen (secondary N) is 1. The molecule has 0 radical (unpaired) electrons. The van der Waals surface area contributed by atoms with Crippen molar-refractivity contribution < 1.29 is 14.7 Å². The molecule has 0 saturated carbocycles. The zero-order valence-corrected chi connectivity index (χ0v) is 12.9. The first-order valence-electron chi connectivity index (χ1n) is 7.29. The van der Waals surface area contributed by atoms with Crippen LogP contribution in [0.5, 0.6) is 0 Å². The highest BCUT2D eigenvalue weighted by molar-refractivity contribution is 6.31. The van der Waals surface area contributed by atoms with Crippen LogP contribution in [0.1, 0.15) is 30.3 Å². The molecule has 1 amide bonds. The second-order valence-corrected chi connectivity index (χ2v) is 6.18. The number of benzene rings is 1. The minimum atomic E-state index is -0.839. The van der Waals surface area contributed by atoms with E-state index in [1.165, 1.54) is 0 Å². The van der Waals surface area contributed by atoms with Crippen LogP contribution in [0.25, 0.3) is 10.9 Å². The molecule has 1 aromatic carbocycles. The lowest BCUT2D eigenvalue weighted by Gasteiger charge is -2.37.